The van der Waals surface area contributed by atoms with Crippen LogP contribution >= 0.6 is 0 Å². The summed E-state index contributed by atoms with van der Waals surface area (Å²) in [5.74, 6) is -1.71. The predicted octanol–water partition coefficient (Wildman–Crippen LogP) is 2.97. The van der Waals surface area contributed by atoms with E-state index in [9.17, 15) is 13.9 Å². The molecule has 1 N–H and O–H groups in total. The highest BCUT2D eigenvalue weighted by Gasteiger charge is 2.54. The van der Waals surface area contributed by atoms with E-state index >= 15 is 0 Å². The van der Waals surface area contributed by atoms with Gasteiger partial charge in [-0.15, -0.1) is 0 Å². The Morgan fingerprint density at radius 2 is 2.20 bits per heavy atom. The van der Waals surface area contributed by atoms with E-state index in [0.29, 0.717) is 6.42 Å². The average Bonchev–Trinajstić information content (AvgIpc) is 2.83. The van der Waals surface area contributed by atoms with Gasteiger partial charge in [0.15, 0.2) is 11.6 Å². The van der Waals surface area contributed by atoms with Crippen LogP contribution in [0.2, 0.25) is 0 Å². The van der Waals surface area contributed by atoms with Crippen molar-refractivity contribution in [1.82, 2.24) is 0 Å². The smallest absolute Gasteiger partial charge is 0.164 e. The molecule has 1 aliphatic carbocycles. The highest BCUT2D eigenvalue weighted by molar-refractivity contribution is 5.31. The van der Waals surface area contributed by atoms with Crippen LogP contribution in [0.1, 0.15) is 31.7 Å². The molecule has 0 heterocycles. The third kappa shape index (κ3) is 1.65. The van der Waals surface area contributed by atoms with Crippen LogP contribution in [0.25, 0.3) is 0 Å². The van der Waals surface area contributed by atoms with Gasteiger partial charge in [-0.3, -0.25) is 0 Å². The second kappa shape index (κ2) is 3.56. The van der Waals surface area contributed by atoms with Crippen molar-refractivity contribution in [2.45, 2.75) is 31.8 Å². The molecule has 0 bridgehead atoms. The molecule has 2 unspecified atom stereocenters. The summed E-state index contributed by atoms with van der Waals surface area (Å²) in [6.45, 7) is 2.01. The van der Waals surface area contributed by atoms with Crippen LogP contribution in [0.15, 0.2) is 18.2 Å². The Hall–Kier alpha value is -0.960. The van der Waals surface area contributed by atoms with Gasteiger partial charge in [0.25, 0.3) is 0 Å². The van der Waals surface area contributed by atoms with Crippen LogP contribution < -0.4 is 0 Å². The molecule has 1 fully saturated rings. The molecule has 0 aliphatic heterocycles. The second-order valence-corrected chi connectivity index (χ2v) is 4.22. The van der Waals surface area contributed by atoms with Gasteiger partial charge in [0.2, 0.25) is 0 Å². The lowest BCUT2D eigenvalue weighted by atomic mass is 10.0. The van der Waals surface area contributed by atoms with Gasteiger partial charge in [0, 0.05) is 5.56 Å². The summed E-state index contributed by atoms with van der Waals surface area (Å²) in [5.41, 5.74) is -1.01. The van der Waals surface area contributed by atoms with Gasteiger partial charge in [0.1, 0.15) is 0 Å². The molecule has 1 aromatic rings. The monoisotopic (exact) mass is 212 g/mol. The van der Waals surface area contributed by atoms with Crippen LogP contribution in [-0.4, -0.2) is 5.11 Å². The first-order valence-electron chi connectivity index (χ1n) is 5.26. The molecule has 2 rings (SSSR count). The first-order valence-corrected chi connectivity index (χ1v) is 5.26. The van der Waals surface area contributed by atoms with Crippen molar-refractivity contribution in [2.24, 2.45) is 5.92 Å². The lowest BCUT2D eigenvalue weighted by molar-refractivity contribution is 0.123. The molecule has 0 amide bonds. The van der Waals surface area contributed by atoms with Gasteiger partial charge >= 0.3 is 0 Å². The van der Waals surface area contributed by atoms with Crippen molar-refractivity contribution in [1.29, 1.82) is 0 Å². The zero-order valence-electron chi connectivity index (χ0n) is 8.63. The standard InChI is InChI=1S/C12H14F2O/c1-2-4-8-7-12(8,15)9-5-3-6-10(13)11(9)14/h3,5-6,8,15H,2,4,7H2,1H3. The van der Waals surface area contributed by atoms with Crippen LogP contribution in [-0.2, 0) is 5.60 Å². The molecule has 1 nitrogen and oxygen atoms in total. The topological polar surface area (TPSA) is 20.2 Å². The number of hydrogen-bond acceptors (Lipinski definition) is 1. The van der Waals surface area contributed by atoms with E-state index in [2.05, 4.69) is 0 Å². The molecule has 1 aliphatic rings. The normalized spacial score (nSPS) is 29.2. The fourth-order valence-electron chi connectivity index (χ4n) is 2.17. The Morgan fingerprint density at radius 3 is 2.87 bits per heavy atom. The van der Waals surface area contributed by atoms with E-state index in [1.54, 1.807) is 0 Å². The highest BCUT2D eigenvalue weighted by Crippen LogP contribution is 2.54. The maximum absolute atomic E-state index is 13.4. The molecule has 15 heavy (non-hydrogen) atoms. The third-order valence-electron chi connectivity index (χ3n) is 3.13. The third-order valence-corrected chi connectivity index (χ3v) is 3.13. The lowest BCUT2D eigenvalue weighted by Gasteiger charge is -2.11. The van der Waals surface area contributed by atoms with Gasteiger partial charge in [-0.1, -0.05) is 25.5 Å². The van der Waals surface area contributed by atoms with E-state index in [1.165, 1.54) is 12.1 Å². The minimum atomic E-state index is -1.12. The summed E-state index contributed by atoms with van der Waals surface area (Å²) in [4.78, 5) is 0. The molecule has 1 aromatic carbocycles. The summed E-state index contributed by atoms with van der Waals surface area (Å²) in [7, 11) is 0. The molecule has 0 spiro atoms. The van der Waals surface area contributed by atoms with Crippen molar-refractivity contribution in [3.63, 3.8) is 0 Å². The fraction of sp³-hybridized carbons (Fsp3) is 0.500. The van der Waals surface area contributed by atoms with E-state index in [0.717, 1.165) is 18.9 Å². The van der Waals surface area contributed by atoms with Crippen molar-refractivity contribution in [2.75, 3.05) is 0 Å². The van der Waals surface area contributed by atoms with E-state index in [4.69, 9.17) is 0 Å². The van der Waals surface area contributed by atoms with Crippen LogP contribution in [0.4, 0.5) is 8.78 Å². The number of aliphatic hydroxyl groups is 1. The lowest BCUT2D eigenvalue weighted by Crippen LogP contribution is -2.12. The predicted molar refractivity (Wildman–Crippen MR) is 53.3 cm³/mol. The van der Waals surface area contributed by atoms with Gasteiger partial charge in [-0.2, -0.15) is 0 Å². The van der Waals surface area contributed by atoms with Crippen LogP contribution in [0.5, 0.6) is 0 Å². The minimum Gasteiger partial charge on any atom is -0.385 e. The zero-order valence-corrected chi connectivity index (χ0v) is 8.63. The van der Waals surface area contributed by atoms with Crippen molar-refractivity contribution in [3.8, 4) is 0 Å². The summed E-state index contributed by atoms with van der Waals surface area (Å²) >= 11 is 0. The highest BCUT2D eigenvalue weighted by atomic mass is 19.2. The summed E-state index contributed by atoms with van der Waals surface area (Å²) in [6.07, 6.45) is 2.34. The van der Waals surface area contributed by atoms with E-state index in [1.807, 2.05) is 6.92 Å². The molecular formula is C12H14F2O. The number of benzene rings is 1. The molecule has 82 valence electrons. The Labute approximate surface area is 87.7 Å². The Kier molecular flexibility index (Phi) is 2.51. The summed E-state index contributed by atoms with van der Waals surface area (Å²) < 4.78 is 26.4. The second-order valence-electron chi connectivity index (χ2n) is 4.22. The fourth-order valence-corrected chi connectivity index (χ4v) is 2.17. The van der Waals surface area contributed by atoms with Crippen LogP contribution in [0.3, 0.4) is 0 Å². The SMILES string of the molecule is CCCC1CC1(O)c1cccc(F)c1F. The molecule has 0 saturated heterocycles. The van der Waals surface area contributed by atoms with Crippen molar-refractivity contribution >= 4 is 0 Å². The molecule has 3 heteroatoms. The van der Waals surface area contributed by atoms with Crippen LogP contribution in [0, 0.1) is 17.6 Å². The minimum absolute atomic E-state index is 0.0822. The molecule has 0 radical (unpaired) electrons. The number of hydrogen-bond donors (Lipinski definition) is 1. The Bertz CT molecular complexity index is 378. The quantitative estimate of drug-likeness (QED) is 0.816. The van der Waals surface area contributed by atoms with Gasteiger partial charge in [-0.05, 0) is 24.8 Å². The molecule has 1 saturated carbocycles. The maximum Gasteiger partial charge on any atom is 0.164 e. The van der Waals surface area contributed by atoms with Gasteiger partial charge in [0.05, 0.1) is 5.60 Å². The van der Waals surface area contributed by atoms with Gasteiger partial charge < -0.3 is 5.11 Å². The van der Waals surface area contributed by atoms with Crippen molar-refractivity contribution < 1.29 is 13.9 Å². The summed E-state index contributed by atoms with van der Waals surface area (Å²) in [5, 5.41) is 10.1. The summed E-state index contributed by atoms with van der Waals surface area (Å²) in [6, 6.07) is 3.97. The molecule has 2 atom stereocenters. The first kappa shape index (κ1) is 10.6. The Balaban J connectivity index is 2.28. The largest absolute Gasteiger partial charge is 0.385 e. The Morgan fingerprint density at radius 1 is 1.47 bits per heavy atom. The first-order chi connectivity index (χ1) is 7.09. The maximum atomic E-state index is 13.4. The average molecular weight is 212 g/mol. The van der Waals surface area contributed by atoms with E-state index < -0.39 is 17.2 Å². The molecule has 0 aromatic heterocycles. The zero-order chi connectivity index (χ0) is 11.1. The molecular weight excluding hydrogens is 198 g/mol. The van der Waals surface area contributed by atoms with Gasteiger partial charge in [-0.25, -0.2) is 8.78 Å². The van der Waals surface area contributed by atoms with E-state index in [-0.39, 0.29) is 11.5 Å². The van der Waals surface area contributed by atoms with Crippen molar-refractivity contribution in [3.05, 3.63) is 35.4 Å². The number of halogens is 2. The number of rotatable bonds is 3.